The van der Waals surface area contributed by atoms with E-state index in [2.05, 4.69) is 0 Å². The highest BCUT2D eigenvalue weighted by molar-refractivity contribution is 5.93. The number of carboxylic acids is 1. The standard InChI is InChI=1S/C13H19NO5/c1-17-6-3-7-18-8-9-19-12-10(13(15)16)4-2-5-11(12)14/h2,4-5H,3,6-9,14H2,1H3,(H,15,16). The quantitative estimate of drug-likeness (QED) is 0.520. The Kier molecular flexibility index (Phi) is 6.70. The van der Waals surface area contributed by atoms with Crippen molar-refractivity contribution in [3.05, 3.63) is 23.8 Å². The number of ether oxygens (including phenoxy) is 3. The van der Waals surface area contributed by atoms with Crippen LogP contribution in [0.2, 0.25) is 0 Å². The average Bonchev–Trinajstić information content (AvgIpc) is 2.39. The first-order chi connectivity index (χ1) is 9.16. The average molecular weight is 269 g/mol. The number of methoxy groups -OCH3 is 1. The summed E-state index contributed by atoms with van der Waals surface area (Å²) in [5, 5.41) is 9.01. The first-order valence-corrected chi connectivity index (χ1v) is 5.98. The minimum absolute atomic E-state index is 0.0550. The topological polar surface area (TPSA) is 91.0 Å². The molecular weight excluding hydrogens is 250 g/mol. The van der Waals surface area contributed by atoms with Gasteiger partial charge in [-0.3, -0.25) is 0 Å². The molecule has 0 amide bonds. The van der Waals surface area contributed by atoms with Crippen LogP contribution in [0, 0.1) is 0 Å². The van der Waals surface area contributed by atoms with Crippen LogP contribution in [0.3, 0.4) is 0 Å². The van der Waals surface area contributed by atoms with Gasteiger partial charge in [-0.05, 0) is 18.6 Å². The number of hydrogen-bond acceptors (Lipinski definition) is 5. The third-order valence-corrected chi connectivity index (χ3v) is 2.39. The van der Waals surface area contributed by atoms with Gasteiger partial charge in [-0.2, -0.15) is 0 Å². The molecule has 19 heavy (non-hydrogen) atoms. The van der Waals surface area contributed by atoms with Crippen molar-refractivity contribution in [2.75, 3.05) is 39.3 Å². The third kappa shape index (κ3) is 5.15. The highest BCUT2D eigenvalue weighted by Gasteiger charge is 2.13. The molecule has 0 atom stereocenters. The Morgan fingerprint density at radius 3 is 2.74 bits per heavy atom. The lowest BCUT2D eigenvalue weighted by molar-refractivity contribution is 0.0677. The van der Waals surface area contributed by atoms with Crippen molar-refractivity contribution in [2.24, 2.45) is 0 Å². The lowest BCUT2D eigenvalue weighted by Gasteiger charge is -2.11. The van der Waals surface area contributed by atoms with Crippen LogP contribution in [0.15, 0.2) is 18.2 Å². The summed E-state index contributed by atoms with van der Waals surface area (Å²) in [4.78, 5) is 11.0. The van der Waals surface area contributed by atoms with Crippen LogP contribution in [0.25, 0.3) is 0 Å². The second-order valence-corrected chi connectivity index (χ2v) is 3.84. The maximum Gasteiger partial charge on any atom is 0.339 e. The largest absolute Gasteiger partial charge is 0.488 e. The summed E-state index contributed by atoms with van der Waals surface area (Å²) < 4.78 is 15.6. The number of carboxylic acid groups (broad SMARTS) is 1. The second-order valence-electron chi connectivity index (χ2n) is 3.84. The van der Waals surface area contributed by atoms with Gasteiger partial charge in [-0.25, -0.2) is 4.79 Å². The number of nitrogen functional groups attached to an aromatic ring is 1. The molecule has 6 heteroatoms. The Morgan fingerprint density at radius 2 is 2.05 bits per heavy atom. The van der Waals surface area contributed by atoms with E-state index in [1.54, 1.807) is 19.2 Å². The predicted molar refractivity (Wildman–Crippen MR) is 70.6 cm³/mol. The monoisotopic (exact) mass is 269 g/mol. The summed E-state index contributed by atoms with van der Waals surface area (Å²) in [6.07, 6.45) is 0.810. The molecule has 0 bridgehead atoms. The Bertz CT molecular complexity index is 408. The molecule has 0 aliphatic rings. The first kappa shape index (κ1) is 15.3. The molecule has 1 aromatic rings. The van der Waals surface area contributed by atoms with E-state index in [0.717, 1.165) is 6.42 Å². The molecule has 0 radical (unpaired) electrons. The fourth-order valence-corrected chi connectivity index (χ4v) is 1.49. The van der Waals surface area contributed by atoms with Gasteiger partial charge in [0.1, 0.15) is 12.2 Å². The molecule has 1 aromatic carbocycles. The van der Waals surface area contributed by atoms with Gasteiger partial charge in [0.25, 0.3) is 0 Å². The minimum Gasteiger partial charge on any atom is -0.488 e. The molecule has 6 nitrogen and oxygen atoms in total. The van der Waals surface area contributed by atoms with Crippen LogP contribution in [-0.2, 0) is 9.47 Å². The zero-order chi connectivity index (χ0) is 14.1. The van der Waals surface area contributed by atoms with Crippen LogP contribution in [0.1, 0.15) is 16.8 Å². The van der Waals surface area contributed by atoms with Crippen molar-refractivity contribution in [3.8, 4) is 5.75 Å². The Labute approximate surface area is 112 Å². The SMILES string of the molecule is COCCCOCCOc1c(N)cccc1C(=O)O. The van der Waals surface area contributed by atoms with E-state index in [-0.39, 0.29) is 17.9 Å². The Morgan fingerprint density at radius 1 is 1.26 bits per heavy atom. The molecular formula is C13H19NO5. The van der Waals surface area contributed by atoms with Gasteiger partial charge >= 0.3 is 5.97 Å². The van der Waals surface area contributed by atoms with Crippen molar-refractivity contribution in [1.29, 1.82) is 0 Å². The highest BCUT2D eigenvalue weighted by atomic mass is 16.5. The van der Waals surface area contributed by atoms with E-state index in [1.807, 2.05) is 0 Å². The molecule has 0 aliphatic heterocycles. The summed E-state index contributed by atoms with van der Waals surface area (Å²) >= 11 is 0. The molecule has 0 spiro atoms. The lowest BCUT2D eigenvalue weighted by Crippen LogP contribution is -2.12. The van der Waals surface area contributed by atoms with Gasteiger partial charge in [0.2, 0.25) is 0 Å². The van der Waals surface area contributed by atoms with Crippen LogP contribution >= 0.6 is 0 Å². The summed E-state index contributed by atoms with van der Waals surface area (Å²) in [6, 6.07) is 4.63. The molecule has 0 heterocycles. The highest BCUT2D eigenvalue weighted by Crippen LogP contribution is 2.26. The number of anilines is 1. The minimum atomic E-state index is -1.07. The zero-order valence-corrected chi connectivity index (χ0v) is 10.9. The number of para-hydroxylation sites is 1. The summed E-state index contributed by atoms with van der Waals surface area (Å²) in [7, 11) is 1.63. The summed E-state index contributed by atoms with van der Waals surface area (Å²) in [6.45, 7) is 1.85. The third-order valence-electron chi connectivity index (χ3n) is 2.39. The Balaban J connectivity index is 2.38. The van der Waals surface area contributed by atoms with Gasteiger partial charge in [0, 0.05) is 20.3 Å². The first-order valence-electron chi connectivity index (χ1n) is 5.98. The Hall–Kier alpha value is -1.79. The van der Waals surface area contributed by atoms with Crippen molar-refractivity contribution < 1.29 is 24.1 Å². The van der Waals surface area contributed by atoms with Crippen LogP contribution in [0.5, 0.6) is 5.75 Å². The van der Waals surface area contributed by atoms with Gasteiger partial charge in [0.05, 0.1) is 12.3 Å². The van der Waals surface area contributed by atoms with Crippen LogP contribution in [-0.4, -0.2) is 44.6 Å². The van der Waals surface area contributed by atoms with Crippen molar-refractivity contribution >= 4 is 11.7 Å². The molecule has 3 N–H and O–H groups in total. The van der Waals surface area contributed by atoms with Gasteiger partial charge in [0.15, 0.2) is 5.75 Å². The van der Waals surface area contributed by atoms with Gasteiger partial charge in [-0.15, -0.1) is 0 Å². The molecule has 0 aliphatic carbocycles. The maximum atomic E-state index is 11.0. The number of rotatable bonds is 9. The lowest BCUT2D eigenvalue weighted by atomic mass is 10.2. The number of hydrogen-bond donors (Lipinski definition) is 2. The molecule has 0 aromatic heterocycles. The zero-order valence-electron chi connectivity index (χ0n) is 10.9. The molecule has 0 fully saturated rings. The van der Waals surface area contributed by atoms with Crippen molar-refractivity contribution in [3.63, 3.8) is 0 Å². The molecule has 0 saturated heterocycles. The fourth-order valence-electron chi connectivity index (χ4n) is 1.49. The molecule has 1 rings (SSSR count). The second kappa shape index (κ2) is 8.34. The molecule has 106 valence electrons. The van der Waals surface area contributed by atoms with Gasteiger partial charge in [-0.1, -0.05) is 6.07 Å². The number of nitrogens with two attached hydrogens (primary N) is 1. The van der Waals surface area contributed by atoms with E-state index in [1.165, 1.54) is 6.07 Å². The molecule has 0 unspecified atom stereocenters. The molecule has 0 saturated carbocycles. The van der Waals surface area contributed by atoms with Crippen molar-refractivity contribution in [2.45, 2.75) is 6.42 Å². The fraction of sp³-hybridized carbons (Fsp3) is 0.462. The van der Waals surface area contributed by atoms with E-state index in [4.69, 9.17) is 25.1 Å². The maximum absolute atomic E-state index is 11.0. The number of aromatic carboxylic acids is 1. The normalized spacial score (nSPS) is 10.4. The van der Waals surface area contributed by atoms with Crippen LogP contribution in [0.4, 0.5) is 5.69 Å². The van der Waals surface area contributed by atoms with E-state index >= 15 is 0 Å². The van der Waals surface area contributed by atoms with E-state index in [0.29, 0.717) is 25.5 Å². The van der Waals surface area contributed by atoms with E-state index in [9.17, 15) is 4.79 Å². The smallest absolute Gasteiger partial charge is 0.339 e. The summed E-state index contributed by atoms with van der Waals surface area (Å²) in [5.41, 5.74) is 6.05. The predicted octanol–water partition coefficient (Wildman–Crippen LogP) is 1.40. The number of benzene rings is 1. The number of carbonyl (C=O) groups is 1. The summed E-state index contributed by atoms with van der Waals surface area (Å²) in [5.74, 6) is -0.876. The van der Waals surface area contributed by atoms with Gasteiger partial charge < -0.3 is 25.1 Å². The van der Waals surface area contributed by atoms with Crippen molar-refractivity contribution in [1.82, 2.24) is 0 Å². The van der Waals surface area contributed by atoms with Crippen LogP contribution < -0.4 is 10.5 Å². The van der Waals surface area contributed by atoms with E-state index < -0.39 is 5.97 Å².